The van der Waals surface area contributed by atoms with Gasteiger partial charge >= 0.3 is 0 Å². The molecule has 3 aromatic rings. The molecular formula is C18H17ClN2O3S. The maximum absolute atomic E-state index is 12.3. The molecule has 0 aliphatic heterocycles. The van der Waals surface area contributed by atoms with Gasteiger partial charge < -0.3 is 9.32 Å². The molecule has 0 aliphatic carbocycles. The van der Waals surface area contributed by atoms with Crippen LogP contribution in [0.3, 0.4) is 0 Å². The molecule has 1 atom stereocenters. The number of hydrogen-bond acceptors (Lipinski definition) is 4. The van der Waals surface area contributed by atoms with Gasteiger partial charge in [-0.3, -0.25) is 9.52 Å². The fraction of sp³-hybridized carbons (Fsp3) is 0.167. The quantitative estimate of drug-likeness (QED) is 0.731. The molecule has 1 heterocycles. The first-order valence-corrected chi connectivity index (χ1v) is 9.24. The van der Waals surface area contributed by atoms with E-state index in [0.717, 1.165) is 17.6 Å². The van der Waals surface area contributed by atoms with Gasteiger partial charge in [0.05, 0.1) is 9.92 Å². The molecule has 130 valence electrons. The van der Waals surface area contributed by atoms with E-state index in [0.29, 0.717) is 15.5 Å². The predicted molar refractivity (Wildman–Crippen MR) is 100 cm³/mol. The molecule has 0 fully saturated rings. The SMILES string of the molecule is CCN(C)c1ccc2cc(C(=O)NS(=O)c3ccccc3Cl)oc2c1. The molecule has 1 amide bonds. The summed E-state index contributed by atoms with van der Waals surface area (Å²) >= 11 is 6.00. The van der Waals surface area contributed by atoms with Crippen LogP contribution in [0.15, 0.2) is 57.8 Å². The molecule has 0 aliphatic rings. The van der Waals surface area contributed by atoms with Crippen LogP contribution < -0.4 is 9.62 Å². The molecule has 0 spiro atoms. The predicted octanol–water partition coefficient (Wildman–Crippen LogP) is 3.99. The van der Waals surface area contributed by atoms with Gasteiger partial charge in [0.2, 0.25) is 0 Å². The lowest BCUT2D eigenvalue weighted by molar-refractivity contribution is 0.0958. The topological polar surface area (TPSA) is 62.6 Å². The summed E-state index contributed by atoms with van der Waals surface area (Å²) in [6.45, 7) is 2.91. The highest BCUT2D eigenvalue weighted by Crippen LogP contribution is 2.25. The van der Waals surface area contributed by atoms with E-state index in [-0.39, 0.29) is 5.76 Å². The highest BCUT2D eigenvalue weighted by molar-refractivity contribution is 7.83. The van der Waals surface area contributed by atoms with Crippen LogP contribution in [0.2, 0.25) is 5.02 Å². The van der Waals surface area contributed by atoms with Crippen LogP contribution in [0.4, 0.5) is 5.69 Å². The second kappa shape index (κ2) is 7.29. The van der Waals surface area contributed by atoms with Crippen molar-refractivity contribution >= 4 is 45.2 Å². The van der Waals surface area contributed by atoms with Crippen molar-refractivity contribution in [3.05, 3.63) is 59.3 Å². The minimum Gasteiger partial charge on any atom is -0.451 e. The van der Waals surface area contributed by atoms with Crippen molar-refractivity contribution in [3.8, 4) is 0 Å². The van der Waals surface area contributed by atoms with Gasteiger partial charge in [-0.2, -0.15) is 0 Å². The molecule has 1 N–H and O–H groups in total. The Morgan fingerprint density at radius 1 is 1.24 bits per heavy atom. The molecule has 1 unspecified atom stereocenters. The third kappa shape index (κ3) is 3.70. The Balaban J connectivity index is 1.82. The molecule has 0 saturated carbocycles. The average molecular weight is 377 g/mol. The number of halogens is 1. The van der Waals surface area contributed by atoms with E-state index in [1.165, 1.54) is 0 Å². The van der Waals surface area contributed by atoms with Crippen LogP contribution in [-0.4, -0.2) is 23.7 Å². The molecule has 5 nitrogen and oxygen atoms in total. The van der Waals surface area contributed by atoms with Gasteiger partial charge in [-0.05, 0) is 37.3 Å². The zero-order valence-corrected chi connectivity index (χ0v) is 15.4. The number of fused-ring (bicyclic) bond motifs is 1. The van der Waals surface area contributed by atoms with Crippen molar-refractivity contribution in [2.24, 2.45) is 0 Å². The van der Waals surface area contributed by atoms with Crippen molar-refractivity contribution < 1.29 is 13.4 Å². The largest absolute Gasteiger partial charge is 0.451 e. The van der Waals surface area contributed by atoms with Crippen LogP contribution in [0.5, 0.6) is 0 Å². The molecule has 7 heteroatoms. The Morgan fingerprint density at radius 3 is 2.72 bits per heavy atom. The van der Waals surface area contributed by atoms with Gasteiger partial charge in [0.15, 0.2) is 16.7 Å². The Morgan fingerprint density at radius 2 is 2.00 bits per heavy atom. The summed E-state index contributed by atoms with van der Waals surface area (Å²) in [5.74, 6) is -0.452. The van der Waals surface area contributed by atoms with Crippen LogP contribution in [0.25, 0.3) is 11.0 Å². The molecule has 2 aromatic carbocycles. The number of amides is 1. The molecule has 3 rings (SSSR count). The van der Waals surface area contributed by atoms with Gasteiger partial charge in [0, 0.05) is 30.7 Å². The van der Waals surface area contributed by atoms with Gasteiger partial charge in [-0.25, -0.2) is 4.21 Å². The Labute approximate surface area is 153 Å². The summed E-state index contributed by atoms with van der Waals surface area (Å²) < 4.78 is 20.3. The maximum Gasteiger partial charge on any atom is 0.298 e. The monoisotopic (exact) mass is 376 g/mol. The maximum atomic E-state index is 12.3. The van der Waals surface area contributed by atoms with E-state index < -0.39 is 16.9 Å². The molecule has 0 saturated heterocycles. The third-order valence-corrected chi connectivity index (χ3v) is 5.43. The van der Waals surface area contributed by atoms with Crippen molar-refractivity contribution in [2.75, 3.05) is 18.5 Å². The smallest absolute Gasteiger partial charge is 0.298 e. The number of carbonyl (C=O) groups is 1. The van der Waals surface area contributed by atoms with Crippen molar-refractivity contribution in [1.29, 1.82) is 0 Å². The zero-order chi connectivity index (χ0) is 18.0. The molecule has 1 aromatic heterocycles. The number of furan rings is 1. The number of benzene rings is 2. The van der Waals surface area contributed by atoms with Crippen molar-refractivity contribution in [2.45, 2.75) is 11.8 Å². The number of anilines is 1. The second-order valence-corrected chi connectivity index (χ2v) is 7.07. The van der Waals surface area contributed by atoms with E-state index in [1.807, 2.05) is 25.2 Å². The molecule has 0 radical (unpaired) electrons. The van der Waals surface area contributed by atoms with E-state index >= 15 is 0 Å². The van der Waals surface area contributed by atoms with Crippen LogP contribution in [0, 0.1) is 0 Å². The first kappa shape index (κ1) is 17.5. The van der Waals surface area contributed by atoms with Gasteiger partial charge in [0.1, 0.15) is 5.58 Å². The summed E-state index contributed by atoms with van der Waals surface area (Å²) in [4.78, 5) is 14.7. The van der Waals surface area contributed by atoms with E-state index in [9.17, 15) is 9.00 Å². The van der Waals surface area contributed by atoms with Gasteiger partial charge in [-0.15, -0.1) is 0 Å². The van der Waals surface area contributed by atoms with E-state index in [4.69, 9.17) is 16.0 Å². The zero-order valence-electron chi connectivity index (χ0n) is 13.8. The third-order valence-electron chi connectivity index (χ3n) is 3.86. The summed E-state index contributed by atoms with van der Waals surface area (Å²) in [5, 5.41) is 1.14. The van der Waals surface area contributed by atoms with Gasteiger partial charge in [-0.1, -0.05) is 23.7 Å². The molecule has 25 heavy (non-hydrogen) atoms. The molecule has 0 bridgehead atoms. The first-order valence-electron chi connectivity index (χ1n) is 7.71. The lowest BCUT2D eigenvalue weighted by Gasteiger charge is -2.15. The number of carbonyl (C=O) groups excluding carboxylic acids is 1. The normalized spacial score (nSPS) is 12.1. The minimum atomic E-state index is -1.76. The van der Waals surface area contributed by atoms with E-state index in [1.54, 1.807) is 30.3 Å². The van der Waals surface area contributed by atoms with Crippen molar-refractivity contribution in [1.82, 2.24) is 4.72 Å². The van der Waals surface area contributed by atoms with Crippen LogP contribution in [-0.2, 0) is 11.0 Å². The van der Waals surface area contributed by atoms with E-state index in [2.05, 4.69) is 16.5 Å². The summed E-state index contributed by atoms with van der Waals surface area (Å²) in [6, 6.07) is 14.0. The Hall–Kier alpha value is -2.31. The standard InChI is InChI=1S/C18H17ClN2O3S/c1-3-21(2)13-9-8-12-10-16(24-15(12)11-13)18(22)20-25(23)17-7-5-4-6-14(17)19/h4-11H,3H2,1-2H3,(H,20,22). The summed E-state index contributed by atoms with van der Waals surface area (Å²) in [6.07, 6.45) is 0. The Bertz CT molecular complexity index is 954. The molecular weight excluding hydrogens is 360 g/mol. The summed E-state index contributed by atoms with van der Waals surface area (Å²) in [7, 11) is 0.217. The number of nitrogens with one attached hydrogen (secondary N) is 1. The highest BCUT2D eigenvalue weighted by Gasteiger charge is 2.17. The lowest BCUT2D eigenvalue weighted by Crippen LogP contribution is -2.25. The summed E-state index contributed by atoms with van der Waals surface area (Å²) in [5.41, 5.74) is 1.60. The lowest BCUT2D eigenvalue weighted by atomic mass is 10.2. The average Bonchev–Trinajstić information content (AvgIpc) is 3.04. The first-order chi connectivity index (χ1) is 12.0. The van der Waals surface area contributed by atoms with Gasteiger partial charge in [0.25, 0.3) is 5.91 Å². The number of rotatable bonds is 5. The van der Waals surface area contributed by atoms with Crippen LogP contribution in [0.1, 0.15) is 17.5 Å². The fourth-order valence-electron chi connectivity index (χ4n) is 2.34. The second-order valence-electron chi connectivity index (χ2n) is 5.48. The minimum absolute atomic E-state index is 0.103. The Kier molecular flexibility index (Phi) is 5.11. The van der Waals surface area contributed by atoms with Crippen LogP contribution >= 0.6 is 11.6 Å². The number of hydrogen-bond donors (Lipinski definition) is 1. The number of nitrogens with zero attached hydrogens (tertiary/aromatic N) is 1. The fourth-order valence-corrected chi connectivity index (χ4v) is 3.51. The van der Waals surface area contributed by atoms with Crippen molar-refractivity contribution in [3.63, 3.8) is 0 Å². The highest BCUT2D eigenvalue weighted by atomic mass is 35.5.